The molecule has 21 heavy (non-hydrogen) atoms. The van der Waals surface area contributed by atoms with Crippen LogP contribution in [0.3, 0.4) is 0 Å². The van der Waals surface area contributed by atoms with Crippen LogP contribution in [0.4, 0.5) is 5.00 Å². The van der Waals surface area contributed by atoms with E-state index in [2.05, 4.69) is 12.2 Å². The van der Waals surface area contributed by atoms with E-state index in [0.717, 1.165) is 22.6 Å². The Labute approximate surface area is 131 Å². The molecule has 0 aliphatic heterocycles. The van der Waals surface area contributed by atoms with Crippen LogP contribution in [0.2, 0.25) is 0 Å². The standard InChI is InChI=1S/C15H17NO3S2/c1-4-5-10-7-12(21-9(10)3)13(17)16-14-11(15(18)19)6-8(2)20-14/h6-7H,4-5H2,1-3H3,(H,16,17)(H,18,19). The van der Waals surface area contributed by atoms with Crippen molar-refractivity contribution in [2.75, 3.05) is 5.32 Å². The summed E-state index contributed by atoms with van der Waals surface area (Å²) in [5.74, 6) is -1.27. The Morgan fingerprint density at radius 1 is 1.24 bits per heavy atom. The minimum absolute atomic E-state index is 0.146. The number of nitrogens with one attached hydrogen (secondary N) is 1. The molecule has 4 nitrogen and oxygen atoms in total. The first kappa shape index (κ1) is 15.7. The van der Waals surface area contributed by atoms with Crippen molar-refractivity contribution >= 4 is 39.6 Å². The van der Waals surface area contributed by atoms with Gasteiger partial charge in [0.2, 0.25) is 0 Å². The molecule has 2 N–H and O–H groups in total. The Bertz CT molecular complexity index is 685. The average Bonchev–Trinajstić information content (AvgIpc) is 2.94. The van der Waals surface area contributed by atoms with Crippen LogP contribution in [0.25, 0.3) is 0 Å². The fraction of sp³-hybridized carbons (Fsp3) is 0.333. The van der Waals surface area contributed by atoms with Crippen LogP contribution >= 0.6 is 22.7 Å². The lowest BCUT2D eigenvalue weighted by atomic mass is 10.1. The average molecular weight is 323 g/mol. The van der Waals surface area contributed by atoms with Gasteiger partial charge in [-0.2, -0.15) is 0 Å². The van der Waals surface area contributed by atoms with E-state index in [1.54, 1.807) is 6.07 Å². The van der Waals surface area contributed by atoms with Gasteiger partial charge in [-0.05, 0) is 38.0 Å². The lowest BCUT2D eigenvalue weighted by Crippen LogP contribution is -2.11. The number of aryl methyl sites for hydroxylation is 3. The fourth-order valence-electron chi connectivity index (χ4n) is 2.08. The van der Waals surface area contributed by atoms with Gasteiger partial charge in [-0.3, -0.25) is 4.79 Å². The molecule has 0 aliphatic rings. The van der Waals surface area contributed by atoms with Gasteiger partial charge in [0.25, 0.3) is 5.91 Å². The topological polar surface area (TPSA) is 66.4 Å². The third-order valence-electron chi connectivity index (χ3n) is 3.08. The second-order valence-corrected chi connectivity index (χ2v) is 7.31. The van der Waals surface area contributed by atoms with E-state index in [0.29, 0.717) is 9.88 Å². The zero-order valence-corrected chi connectivity index (χ0v) is 13.8. The number of hydrogen-bond donors (Lipinski definition) is 2. The first-order valence-electron chi connectivity index (χ1n) is 6.66. The van der Waals surface area contributed by atoms with Crippen LogP contribution in [0.15, 0.2) is 12.1 Å². The van der Waals surface area contributed by atoms with Crippen molar-refractivity contribution in [2.24, 2.45) is 0 Å². The van der Waals surface area contributed by atoms with Crippen molar-refractivity contribution in [1.82, 2.24) is 0 Å². The van der Waals surface area contributed by atoms with Crippen LogP contribution in [-0.4, -0.2) is 17.0 Å². The van der Waals surface area contributed by atoms with Gasteiger partial charge < -0.3 is 10.4 Å². The fourth-order valence-corrected chi connectivity index (χ4v) is 3.95. The van der Waals surface area contributed by atoms with Gasteiger partial charge in [-0.1, -0.05) is 13.3 Å². The molecule has 0 radical (unpaired) electrons. The molecule has 1 amide bonds. The number of thiophene rings is 2. The van der Waals surface area contributed by atoms with Crippen molar-refractivity contribution in [2.45, 2.75) is 33.6 Å². The Balaban J connectivity index is 2.22. The zero-order valence-electron chi connectivity index (χ0n) is 12.1. The molecule has 0 saturated carbocycles. The van der Waals surface area contributed by atoms with Crippen LogP contribution < -0.4 is 5.32 Å². The maximum atomic E-state index is 12.3. The zero-order chi connectivity index (χ0) is 15.6. The lowest BCUT2D eigenvalue weighted by Gasteiger charge is -2.01. The quantitative estimate of drug-likeness (QED) is 0.860. The molecule has 112 valence electrons. The van der Waals surface area contributed by atoms with Gasteiger partial charge in [-0.15, -0.1) is 22.7 Å². The van der Waals surface area contributed by atoms with E-state index in [1.807, 2.05) is 19.9 Å². The number of amides is 1. The first-order valence-corrected chi connectivity index (χ1v) is 8.30. The van der Waals surface area contributed by atoms with Gasteiger partial charge in [0.15, 0.2) is 0 Å². The summed E-state index contributed by atoms with van der Waals surface area (Å²) < 4.78 is 0. The summed E-state index contributed by atoms with van der Waals surface area (Å²) in [5.41, 5.74) is 1.33. The summed E-state index contributed by atoms with van der Waals surface area (Å²) >= 11 is 2.73. The molecule has 2 aromatic rings. The van der Waals surface area contributed by atoms with Crippen LogP contribution in [0.1, 0.15) is 48.7 Å². The van der Waals surface area contributed by atoms with Crippen molar-refractivity contribution in [3.05, 3.63) is 37.9 Å². The van der Waals surface area contributed by atoms with Crippen LogP contribution in [-0.2, 0) is 6.42 Å². The molecule has 0 spiro atoms. The minimum atomic E-state index is -1.02. The number of carbonyl (C=O) groups is 2. The molecule has 2 heterocycles. The highest BCUT2D eigenvalue weighted by Gasteiger charge is 2.18. The summed E-state index contributed by atoms with van der Waals surface area (Å²) in [6.45, 7) is 5.93. The van der Waals surface area contributed by atoms with Crippen molar-refractivity contribution in [1.29, 1.82) is 0 Å². The number of carbonyl (C=O) groups excluding carboxylic acids is 1. The third kappa shape index (κ3) is 3.51. The number of rotatable bonds is 5. The summed E-state index contributed by atoms with van der Waals surface area (Å²) in [7, 11) is 0. The smallest absolute Gasteiger partial charge is 0.338 e. The highest BCUT2D eigenvalue weighted by molar-refractivity contribution is 7.17. The predicted molar refractivity (Wildman–Crippen MR) is 87.0 cm³/mol. The summed E-state index contributed by atoms with van der Waals surface area (Å²) in [6, 6.07) is 3.48. The SMILES string of the molecule is CCCc1cc(C(=O)Nc2sc(C)cc2C(=O)O)sc1C. The van der Waals surface area contributed by atoms with Crippen LogP contribution in [0, 0.1) is 13.8 Å². The Kier molecular flexibility index (Phi) is 4.80. The number of carboxylic acid groups (broad SMARTS) is 1. The van der Waals surface area contributed by atoms with E-state index in [-0.39, 0.29) is 11.5 Å². The predicted octanol–water partition coefficient (Wildman–Crippen LogP) is 4.33. The maximum Gasteiger partial charge on any atom is 0.338 e. The number of carboxylic acids is 1. The lowest BCUT2D eigenvalue weighted by molar-refractivity contribution is 0.0698. The Hall–Kier alpha value is -1.66. The monoisotopic (exact) mass is 323 g/mol. The molecule has 0 aromatic carbocycles. The first-order chi connectivity index (χ1) is 9.92. The number of aromatic carboxylic acids is 1. The van der Waals surface area contributed by atoms with Crippen molar-refractivity contribution in [3.8, 4) is 0 Å². The number of anilines is 1. The Morgan fingerprint density at radius 3 is 2.57 bits per heavy atom. The second-order valence-electron chi connectivity index (χ2n) is 4.80. The molecule has 2 rings (SSSR count). The summed E-state index contributed by atoms with van der Waals surface area (Å²) in [5, 5.41) is 12.3. The van der Waals surface area contributed by atoms with E-state index >= 15 is 0 Å². The van der Waals surface area contributed by atoms with Gasteiger partial charge in [0.1, 0.15) is 5.00 Å². The molecule has 0 aliphatic carbocycles. The van der Waals surface area contributed by atoms with Gasteiger partial charge in [0.05, 0.1) is 10.4 Å². The third-order valence-corrected chi connectivity index (χ3v) is 5.13. The summed E-state index contributed by atoms with van der Waals surface area (Å²) in [4.78, 5) is 26.1. The van der Waals surface area contributed by atoms with Crippen molar-refractivity contribution < 1.29 is 14.7 Å². The highest BCUT2D eigenvalue weighted by atomic mass is 32.1. The van der Waals surface area contributed by atoms with Crippen molar-refractivity contribution in [3.63, 3.8) is 0 Å². The Morgan fingerprint density at radius 2 is 1.95 bits per heavy atom. The largest absolute Gasteiger partial charge is 0.478 e. The molecule has 0 atom stereocenters. The van der Waals surface area contributed by atoms with Gasteiger partial charge in [0, 0.05) is 9.75 Å². The molecule has 0 unspecified atom stereocenters. The molecular weight excluding hydrogens is 306 g/mol. The molecule has 0 bridgehead atoms. The molecule has 2 aromatic heterocycles. The van der Waals surface area contributed by atoms with Gasteiger partial charge in [-0.25, -0.2) is 4.79 Å². The highest BCUT2D eigenvalue weighted by Crippen LogP contribution is 2.29. The number of hydrogen-bond acceptors (Lipinski definition) is 4. The molecule has 0 fully saturated rings. The molecule has 0 saturated heterocycles. The normalized spacial score (nSPS) is 10.6. The van der Waals surface area contributed by atoms with E-state index in [4.69, 9.17) is 5.11 Å². The molecular formula is C15H17NO3S2. The minimum Gasteiger partial charge on any atom is -0.478 e. The van der Waals surface area contributed by atoms with E-state index in [9.17, 15) is 9.59 Å². The van der Waals surface area contributed by atoms with E-state index in [1.165, 1.54) is 28.2 Å². The van der Waals surface area contributed by atoms with E-state index < -0.39 is 5.97 Å². The summed E-state index contributed by atoms with van der Waals surface area (Å²) in [6.07, 6.45) is 1.99. The maximum absolute atomic E-state index is 12.3. The molecule has 6 heteroatoms. The van der Waals surface area contributed by atoms with Gasteiger partial charge >= 0.3 is 5.97 Å². The van der Waals surface area contributed by atoms with Crippen LogP contribution in [0.5, 0.6) is 0 Å². The second kappa shape index (κ2) is 6.41.